The van der Waals surface area contributed by atoms with E-state index in [0.29, 0.717) is 5.75 Å². The fourth-order valence-corrected chi connectivity index (χ4v) is 1.53. The van der Waals surface area contributed by atoms with Gasteiger partial charge in [-0.15, -0.1) is 12.6 Å². The number of benzene rings is 1. The molecule has 0 aliphatic carbocycles. The van der Waals surface area contributed by atoms with Crippen molar-refractivity contribution in [3.8, 4) is 11.5 Å². The van der Waals surface area contributed by atoms with Gasteiger partial charge >= 0.3 is 0 Å². The fourth-order valence-electron chi connectivity index (χ4n) is 0.902. The van der Waals surface area contributed by atoms with Crippen molar-refractivity contribution in [3.05, 3.63) is 18.2 Å². The number of hydrogen-bond acceptors (Lipinski definition) is 4. The van der Waals surface area contributed by atoms with Crippen molar-refractivity contribution in [2.24, 2.45) is 0 Å². The molecule has 5 heteroatoms. The van der Waals surface area contributed by atoms with Gasteiger partial charge in [-0.05, 0) is 18.2 Å². The van der Waals surface area contributed by atoms with Gasteiger partial charge in [0.05, 0.1) is 20.8 Å². The summed E-state index contributed by atoms with van der Waals surface area (Å²) in [5.41, 5.74) is 0. The lowest BCUT2D eigenvalue weighted by molar-refractivity contribution is 0.220. The van der Waals surface area contributed by atoms with Crippen LogP contribution < -0.4 is 9.47 Å². The predicted molar refractivity (Wildman–Crippen MR) is 77.6 cm³/mol. The molecule has 0 aliphatic heterocycles. The van der Waals surface area contributed by atoms with E-state index in [4.69, 9.17) is 9.47 Å². The first-order valence-electron chi connectivity index (χ1n) is 4.65. The molecule has 16 heavy (non-hydrogen) atoms. The van der Waals surface area contributed by atoms with Crippen LogP contribution in [-0.4, -0.2) is 32.4 Å². The number of ether oxygens (including phenoxy) is 3. The molecule has 0 aliphatic rings. The maximum Gasteiger partial charge on any atom is 0.161 e. The maximum absolute atomic E-state index is 5.04. The van der Waals surface area contributed by atoms with E-state index in [1.165, 1.54) is 0 Å². The summed E-state index contributed by atoms with van der Waals surface area (Å²) in [6.45, 7) is 0.876. The van der Waals surface area contributed by atoms with Crippen LogP contribution in [0.2, 0.25) is 0 Å². The lowest BCUT2D eigenvalue weighted by atomic mass is 10.3. The number of thiol groups is 1. The maximum atomic E-state index is 5.04. The van der Waals surface area contributed by atoms with E-state index >= 15 is 0 Å². The van der Waals surface area contributed by atoms with Crippen LogP contribution in [0.4, 0.5) is 0 Å². The van der Waals surface area contributed by atoms with Crippen molar-refractivity contribution in [3.63, 3.8) is 0 Å². The highest BCUT2D eigenvalue weighted by atomic mass is 127. The number of halogens is 1. The molecule has 0 radical (unpaired) electrons. The molecular weight excluding hydrogens is 339 g/mol. The standard InChI is InChI=1S/C8H10O2S.C3H7IO/c1-9-7-4-3-6(11)5-8(7)10-2;1-5-3-2-4/h3-5,11H,1-2H3;2-3H2,1H3. The molecule has 0 heterocycles. The Balaban J connectivity index is 0.000000385. The van der Waals surface area contributed by atoms with Crippen LogP contribution in [0, 0.1) is 0 Å². The zero-order chi connectivity index (χ0) is 12.4. The SMILES string of the molecule is COCCI.COc1ccc(S)cc1OC. The highest BCUT2D eigenvalue weighted by molar-refractivity contribution is 14.1. The van der Waals surface area contributed by atoms with Gasteiger partial charge in [0, 0.05) is 16.4 Å². The van der Waals surface area contributed by atoms with Crippen molar-refractivity contribution in [2.45, 2.75) is 4.90 Å². The van der Waals surface area contributed by atoms with E-state index in [-0.39, 0.29) is 0 Å². The summed E-state index contributed by atoms with van der Waals surface area (Å²) in [7, 11) is 4.92. The van der Waals surface area contributed by atoms with Gasteiger partial charge in [0.1, 0.15) is 0 Å². The van der Waals surface area contributed by atoms with Crippen LogP contribution in [0.15, 0.2) is 23.1 Å². The van der Waals surface area contributed by atoms with Gasteiger partial charge in [0.15, 0.2) is 11.5 Å². The Hall–Kier alpha value is -0.140. The molecule has 3 nitrogen and oxygen atoms in total. The first-order chi connectivity index (χ1) is 7.69. The molecule has 92 valence electrons. The minimum absolute atomic E-state index is 0.708. The highest BCUT2D eigenvalue weighted by Crippen LogP contribution is 2.28. The summed E-state index contributed by atoms with van der Waals surface area (Å²) in [5.74, 6) is 1.44. The minimum Gasteiger partial charge on any atom is -0.493 e. The van der Waals surface area contributed by atoms with Gasteiger partial charge < -0.3 is 14.2 Å². The second-order valence-electron chi connectivity index (χ2n) is 2.72. The van der Waals surface area contributed by atoms with Crippen molar-refractivity contribution in [2.75, 3.05) is 32.4 Å². The predicted octanol–water partition coefficient (Wildman–Crippen LogP) is 3.06. The van der Waals surface area contributed by atoms with Crippen LogP contribution in [0.25, 0.3) is 0 Å². The summed E-state index contributed by atoms with van der Waals surface area (Å²) in [6.07, 6.45) is 0. The van der Waals surface area contributed by atoms with Crippen molar-refractivity contribution in [1.82, 2.24) is 0 Å². The lowest BCUT2D eigenvalue weighted by Crippen LogP contribution is -1.89. The van der Waals surface area contributed by atoms with Crippen LogP contribution in [0.5, 0.6) is 11.5 Å². The fraction of sp³-hybridized carbons (Fsp3) is 0.455. The number of methoxy groups -OCH3 is 3. The van der Waals surface area contributed by atoms with E-state index in [9.17, 15) is 0 Å². The Morgan fingerprint density at radius 1 is 1.12 bits per heavy atom. The van der Waals surface area contributed by atoms with Gasteiger partial charge in [-0.2, -0.15) is 0 Å². The third-order valence-corrected chi connectivity index (χ3v) is 2.37. The van der Waals surface area contributed by atoms with Gasteiger partial charge in [0.2, 0.25) is 0 Å². The third kappa shape index (κ3) is 6.44. The van der Waals surface area contributed by atoms with Crippen LogP contribution >= 0.6 is 35.2 Å². The lowest BCUT2D eigenvalue weighted by Gasteiger charge is -2.06. The monoisotopic (exact) mass is 356 g/mol. The van der Waals surface area contributed by atoms with E-state index in [1.807, 2.05) is 18.2 Å². The normalized spacial score (nSPS) is 9.06. The minimum atomic E-state index is 0.708. The Morgan fingerprint density at radius 2 is 1.75 bits per heavy atom. The second kappa shape index (κ2) is 10.0. The molecule has 1 aromatic carbocycles. The second-order valence-corrected chi connectivity index (χ2v) is 4.32. The first kappa shape index (κ1) is 15.9. The largest absolute Gasteiger partial charge is 0.493 e. The molecule has 0 fully saturated rings. The average molecular weight is 356 g/mol. The molecule has 0 bridgehead atoms. The summed E-state index contributed by atoms with van der Waals surface area (Å²) in [4.78, 5) is 0.864. The summed E-state index contributed by atoms with van der Waals surface area (Å²) in [6, 6.07) is 5.48. The zero-order valence-corrected chi connectivity index (χ0v) is 12.7. The molecule has 1 aromatic rings. The molecule has 1 rings (SSSR count). The van der Waals surface area contributed by atoms with E-state index in [1.54, 1.807) is 21.3 Å². The van der Waals surface area contributed by atoms with E-state index < -0.39 is 0 Å². The molecule has 0 amide bonds. The zero-order valence-electron chi connectivity index (χ0n) is 9.70. The Labute approximate surface area is 116 Å². The van der Waals surface area contributed by atoms with Gasteiger partial charge in [-0.25, -0.2) is 0 Å². The molecule has 0 unspecified atom stereocenters. The Kier molecular flexibility index (Phi) is 9.95. The Morgan fingerprint density at radius 3 is 2.12 bits per heavy atom. The highest BCUT2D eigenvalue weighted by Gasteiger charge is 2.01. The molecular formula is C11H17IO3S. The van der Waals surface area contributed by atoms with Gasteiger partial charge in [-0.1, -0.05) is 22.6 Å². The molecule has 0 spiro atoms. The summed E-state index contributed by atoms with van der Waals surface area (Å²) < 4.78 is 15.9. The van der Waals surface area contributed by atoms with E-state index in [0.717, 1.165) is 21.7 Å². The van der Waals surface area contributed by atoms with Crippen molar-refractivity contribution in [1.29, 1.82) is 0 Å². The number of alkyl halides is 1. The topological polar surface area (TPSA) is 27.7 Å². The van der Waals surface area contributed by atoms with Crippen molar-refractivity contribution >= 4 is 35.2 Å². The summed E-state index contributed by atoms with van der Waals surface area (Å²) in [5, 5.41) is 0. The van der Waals surface area contributed by atoms with E-state index in [2.05, 4.69) is 40.0 Å². The number of hydrogen-bond donors (Lipinski definition) is 1. The van der Waals surface area contributed by atoms with Crippen LogP contribution in [0.1, 0.15) is 0 Å². The molecule has 0 saturated heterocycles. The molecule has 0 saturated carbocycles. The van der Waals surface area contributed by atoms with Crippen molar-refractivity contribution < 1.29 is 14.2 Å². The smallest absolute Gasteiger partial charge is 0.161 e. The molecule has 0 aromatic heterocycles. The third-order valence-electron chi connectivity index (χ3n) is 1.65. The first-order valence-corrected chi connectivity index (χ1v) is 6.62. The summed E-state index contributed by atoms with van der Waals surface area (Å²) >= 11 is 6.42. The average Bonchev–Trinajstić information content (AvgIpc) is 2.31. The van der Waals surface area contributed by atoms with Gasteiger partial charge in [-0.3, -0.25) is 0 Å². The Bertz CT molecular complexity index is 293. The van der Waals surface area contributed by atoms with Gasteiger partial charge in [0.25, 0.3) is 0 Å². The molecule has 0 N–H and O–H groups in total. The quantitative estimate of drug-likeness (QED) is 0.511. The van der Waals surface area contributed by atoms with Crippen LogP contribution in [0.3, 0.4) is 0 Å². The van der Waals surface area contributed by atoms with Crippen LogP contribution in [-0.2, 0) is 4.74 Å². The number of rotatable bonds is 4. The molecule has 0 atom stereocenters.